The van der Waals surface area contributed by atoms with Gasteiger partial charge in [-0.25, -0.2) is 4.98 Å². The Morgan fingerprint density at radius 2 is 2.04 bits per heavy atom. The summed E-state index contributed by atoms with van der Waals surface area (Å²) in [5, 5.41) is 3.06. The highest BCUT2D eigenvalue weighted by Crippen LogP contribution is 2.33. The van der Waals surface area contributed by atoms with Crippen LogP contribution in [-0.4, -0.2) is 9.97 Å². The van der Waals surface area contributed by atoms with Crippen LogP contribution < -0.4 is 10.9 Å². The molecule has 3 aromatic rings. The molecule has 4 rings (SSSR count). The number of benzene rings is 1. The van der Waals surface area contributed by atoms with E-state index in [0.29, 0.717) is 12.6 Å². The number of nitrogens with one attached hydrogen (secondary N) is 1. The molecular weight excluding hydrogens is 318 g/mol. The number of quaternary nitrogens is 1. The third-order valence-corrected chi connectivity index (χ3v) is 6.05. The predicted octanol–water partition coefficient (Wildman–Crippen LogP) is 2.69. The highest BCUT2D eigenvalue weighted by atomic mass is 32.1. The van der Waals surface area contributed by atoms with Gasteiger partial charge in [-0.05, 0) is 38.2 Å². The zero-order chi connectivity index (χ0) is 16.5. The Morgan fingerprint density at radius 3 is 2.88 bits per heavy atom. The lowest BCUT2D eigenvalue weighted by Gasteiger charge is -2.11. The van der Waals surface area contributed by atoms with Gasteiger partial charge in [0.2, 0.25) is 0 Å². The van der Waals surface area contributed by atoms with E-state index in [-0.39, 0.29) is 5.56 Å². The molecule has 1 aliphatic rings. The Balaban J connectivity index is 1.58. The molecule has 24 heavy (non-hydrogen) atoms. The highest BCUT2D eigenvalue weighted by molar-refractivity contribution is 7.18. The maximum atomic E-state index is 12.5. The zero-order valence-corrected chi connectivity index (χ0v) is 14.7. The van der Waals surface area contributed by atoms with E-state index in [4.69, 9.17) is 4.98 Å². The number of nitrogens with zero attached hydrogens (tertiary/aromatic N) is 1. The topological polar surface area (TPSA) is 62.4 Å². The lowest BCUT2D eigenvalue weighted by molar-refractivity contribution is -0.708. The second kappa shape index (κ2) is 6.49. The molecule has 0 unspecified atom stereocenters. The molecule has 0 radical (unpaired) electrons. The van der Waals surface area contributed by atoms with Crippen molar-refractivity contribution in [1.82, 2.24) is 9.97 Å². The summed E-state index contributed by atoms with van der Waals surface area (Å²) in [5.74, 6) is 0.772. The van der Waals surface area contributed by atoms with Crippen LogP contribution in [0, 0.1) is 0 Å². The van der Waals surface area contributed by atoms with Crippen LogP contribution in [0.1, 0.15) is 47.6 Å². The highest BCUT2D eigenvalue weighted by Gasteiger charge is 2.20. The van der Waals surface area contributed by atoms with Gasteiger partial charge in [-0.2, -0.15) is 0 Å². The van der Waals surface area contributed by atoms with E-state index < -0.39 is 0 Å². The molecule has 0 spiro atoms. The lowest BCUT2D eigenvalue weighted by Crippen LogP contribution is -2.83. The normalized spacial score (nSPS) is 15.4. The molecule has 1 atom stereocenters. The Kier molecular flexibility index (Phi) is 4.21. The number of hydrogen-bond donors (Lipinski definition) is 2. The summed E-state index contributed by atoms with van der Waals surface area (Å²) in [5.41, 5.74) is 2.57. The molecule has 2 aromatic heterocycles. The van der Waals surface area contributed by atoms with Crippen LogP contribution in [-0.2, 0) is 19.4 Å². The van der Waals surface area contributed by atoms with Crippen LogP contribution in [0.5, 0.6) is 0 Å². The summed E-state index contributed by atoms with van der Waals surface area (Å²) in [6.45, 7) is 2.86. The van der Waals surface area contributed by atoms with E-state index in [1.165, 1.54) is 28.8 Å². The number of fused-ring (bicyclic) bond motifs is 3. The molecule has 1 aliphatic carbocycles. The van der Waals surface area contributed by atoms with Crippen LogP contribution in [0.4, 0.5) is 0 Å². The second-order valence-electron chi connectivity index (χ2n) is 6.54. The Labute approximate surface area is 145 Å². The van der Waals surface area contributed by atoms with E-state index in [1.807, 2.05) is 6.07 Å². The number of aromatic nitrogens is 2. The molecule has 1 aromatic carbocycles. The minimum absolute atomic E-state index is 0.0372. The third kappa shape index (κ3) is 2.89. The van der Waals surface area contributed by atoms with Gasteiger partial charge in [-0.15, -0.1) is 11.3 Å². The molecule has 0 amide bonds. The van der Waals surface area contributed by atoms with Gasteiger partial charge in [-0.1, -0.05) is 30.3 Å². The fourth-order valence-electron chi connectivity index (χ4n) is 3.49. The van der Waals surface area contributed by atoms with Gasteiger partial charge in [0.05, 0.1) is 5.39 Å². The van der Waals surface area contributed by atoms with Crippen molar-refractivity contribution >= 4 is 21.6 Å². The van der Waals surface area contributed by atoms with Crippen molar-refractivity contribution in [2.45, 2.75) is 45.2 Å². The maximum absolute atomic E-state index is 12.5. The van der Waals surface area contributed by atoms with Gasteiger partial charge in [0.1, 0.15) is 17.4 Å². The van der Waals surface area contributed by atoms with Crippen molar-refractivity contribution in [3.8, 4) is 0 Å². The van der Waals surface area contributed by atoms with Crippen LogP contribution in [0.15, 0.2) is 35.1 Å². The molecule has 0 bridgehead atoms. The van der Waals surface area contributed by atoms with E-state index >= 15 is 0 Å². The van der Waals surface area contributed by atoms with E-state index in [9.17, 15) is 4.79 Å². The maximum Gasteiger partial charge on any atom is 0.260 e. The summed E-state index contributed by atoms with van der Waals surface area (Å²) in [4.78, 5) is 22.6. The van der Waals surface area contributed by atoms with Gasteiger partial charge < -0.3 is 10.3 Å². The standard InChI is InChI=1S/C19H21N3OS/c1-12(13-7-3-2-4-8-13)20-11-16-21-18(23)17-14-9-5-6-10-15(14)24-19(17)22-16/h2-4,7-8,12,20H,5-6,9-11H2,1H3,(H,21,22,23)/p+1/t12-/m1/s1. The van der Waals surface area contributed by atoms with Crippen molar-refractivity contribution < 1.29 is 5.32 Å². The first-order valence-electron chi connectivity index (χ1n) is 8.64. The van der Waals surface area contributed by atoms with Gasteiger partial charge in [-0.3, -0.25) is 4.79 Å². The molecule has 0 fully saturated rings. The first kappa shape index (κ1) is 15.5. The van der Waals surface area contributed by atoms with E-state index in [0.717, 1.165) is 28.9 Å². The SMILES string of the molecule is C[C@@H]([NH2+]Cc1nc2sc3c(c2c(=O)[nH]1)CCCC3)c1ccccc1. The Bertz CT molecular complexity index is 914. The summed E-state index contributed by atoms with van der Waals surface area (Å²) in [7, 11) is 0. The molecule has 4 nitrogen and oxygen atoms in total. The van der Waals surface area contributed by atoms with E-state index in [2.05, 4.69) is 41.5 Å². The molecular formula is C19H22N3OS+. The van der Waals surface area contributed by atoms with Gasteiger partial charge >= 0.3 is 0 Å². The fraction of sp³-hybridized carbons (Fsp3) is 0.368. The van der Waals surface area contributed by atoms with Crippen molar-refractivity contribution in [3.05, 3.63) is 62.5 Å². The molecule has 124 valence electrons. The average molecular weight is 340 g/mol. The van der Waals surface area contributed by atoms with Gasteiger partial charge in [0, 0.05) is 10.4 Å². The number of aromatic amines is 1. The quantitative estimate of drug-likeness (QED) is 0.767. The molecule has 3 N–H and O–H groups in total. The van der Waals surface area contributed by atoms with Crippen LogP contribution in [0.2, 0.25) is 0 Å². The number of rotatable bonds is 4. The molecule has 5 heteroatoms. The van der Waals surface area contributed by atoms with Crippen LogP contribution in [0.25, 0.3) is 10.2 Å². The Hall–Kier alpha value is -1.98. The first-order valence-corrected chi connectivity index (χ1v) is 9.46. The molecule has 0 saturated carbocycles. The summed E-state index contributed by atoms with van der Waals surface area (Å²) < 4.78 is 0. The summed E-state index contributed by atoms with van der Waals surface area (Å²) >= 11 is 1.71. The number of H-pyrrole nitrogens is 1. The number of nitrogens with two attached hydrogens (primary N) is 1. The number of hydrogen-bond acceptors (Lipinski definition) is 3. The predicted molar refractivity (Wildman–Crippen MR) is 97.4 cm³/mol. The van der Waals surface area contributed by atoms with Gasteiger partial charge in [0.15, 0.2) is 5.82 Å². The second-order valence-corrected chi connectivity index (χ2v) is 7.63. The zero-order valence-electron chi connectivity index (χ0n) is 13.8. The molecule has 0 saturated heterocycles. The van der Waals surface area contributed by atoms with Crippen molar-refractivity contribution in [3.63, 3.8) is 0 Å². The lowest BCUT2D eigenvalue weighted by atomic mass is 9.97. The van der Waals surface area contributed by atoms with Crippen molar-refractivity contribution in [2.24, 2.45) is 0 Å². The smallest absolute Gasteiger partial charge is 0.260 e. The molecule has 0 aliphatic heterocycles. The summed E-state index contributed by atoms with van der Waals surface area (Å²) in [6.07, 6.45) is 4.54. The van der Waals surface area contributed by atoms with Crippen molar-refractivity contribution in [1.29, 1.82) is 0 Å². The monoisotopic (exact) mass is 340 g/mol. The minimum atomic E-state index is 0.0372. The number of aryl methyl sites for hydroxylation is 2. The summed E-state index contributed by atoms with van der Waals surface area (Å²) in [6, 6.07) is 10.7. The van der Waals surface area contributed by atoms with Crippen LogP contribution >= 0.6 is 11.3 Å². The van der Waals surface area contributed by atoms with Crippen LogP contribution in [0.3, 0.4) is 0 Å². The van der Waals surface area contributed by atoms with Gasteiger partial charge in [0.25, 0.3) is 5.56 Å². The average Bonchev–Trinajstić information content (AvgIpc) is 2.99. The first-order chi connectivity index (χ1) is 11.7. The third-order valence-electron chi connectivity index (χ3n) is 4.86. The number of thiophene rings is 1. The largest absolute Gasteiger partial charge is 0.334 e. The minimum Gasteiger partial charge on any atom is -0.334 e. The fourth-order valence-corrected chi connectivity index (χ4v) is 4.77. The van der Waals surface area contributed by atoms with E-state index in [1.54, 1.807) is 11.3 Å². The molecule has 2 heterocycles. The van der Waals surface area contributed by atoms with Crippen molar-refractivity contribution in [2.75, 3.05) is 0 Å². The Morgan fingerprint density at radius 1 is 1.25 bits per heavy atom.